The van der Waals surface area contributed by atoms with Gasteiger partial charge in [-0.3, -0.25) is 4.79 Å². The lowest BCUT2D eigenvalue weighted by molar-refractivity contribution is -0.119. The highest BCUT2D eigenvalue weighted by Gasteiger charge is 2.08. The second kappa shape index (κ2) is 13.9. The van der Waals surface area contributed by atoms with E-state index >= 15 is 0 Å². The van der Waals surface area contributed by atoms with Crippen molar-refractivity contribution >= 4 is 61.5 Å². The van der Waals surface area contributed by atoms with Crippen LogP contribution in [-0.2, 0) is 4.79 Å². The molecule has 7 heteroatoms. The number of amides is 1. The number of halogens is 1. The van der Waals surface area contributed by atoms with Gasteiger partial charge in [0.2, 0.25) is 5.91 Å². The van der Waals surface area contributed by atoms with E-state index in [-0.39, 0.29) is 5.91 Å². The zero-order valence-corrected chi connectivity index (χ0v) is 19.7. The normalized spacial score (nSPS) is 11.0. The van der Waals surface area contributed by atoms with Gasteiger partial charge in [0.15, 0.2) is 10.2 Å². The van der Waals surface area contributed by atoms with Crippen LogP contribution in [0.2, 0.25) is 5.02 Å². The zero-order chi connectivity index (χ0) is 20.9. The van der Waals surface area contributed by atoms with Crippen LogP contribution in [0.3, 0.4) is 0 Å². The Morgan fingerprint density at radius 3 is 2.31 bits per heavy atom. The highest BCUT2D eigenvalue weighted by molar-refractivity contribution is 7.80. The topological polar surface area (TPSA) is 54.0 Å². The van der Waals surface area contributed by atoms with Gasteiger partial charge in [-0.15, -0.1) is 0 Å². The van der Waals surface area contributed by atoms with Crippen LogP contribution in [-0.4, -0.2) is 16.0 Å². The SMILES string of the molecule is CCCCCCCCCCCCCC(=O)NC(=S)Nc1nc2ccc(Cl)cc2s1. The predicted molar refractivity (Wildman–Crippen MR) is 130 cm³/mol. The van der Waals surface area contributed by atoms with Crippen molar-refractivity contribution in [1.29, 1.82) is 0 Å². The van der Waals surface area contributed by atoms with Crippen LogP contribution in [0, 0.1) is 0 Å². The van der Waals surface area contributed by atoms with Gasteiger partial charge in [-0.05, 0) is 36.8 Å². The first-order valence-electron chi connectivity index (χ1n) is 10.8. The summed E-state index contributed by atoms with van der Waals surface area (Å²) in [6.07, 6.45) is 14.5. The van der Waals surface area contributed by atoms with Crippen molar-refractivity contribution in [2.45, 2.75) is 84.0 Å². The van der Waals surface area contributed by atoms with E-state index in [1.165, 1.54) is 69.1 Å². The molecule has 0 bridgehead atoms. The van der Waals surface area contributed by atoms with Crippen molar-refractivity contribution < 1.29 is 4.79 Å². The molecule has 1 aromatic heterocycles. The Hall–Kier alpha value is -1.24. The van der Waals surface area contributed by atoms with E-state index in [0.29, 0.717) is 21.7 Å². The van der Waals surface area contributed by atoms with Gasteiger partial charge in [0.05, 0.1) is 10.2 Å². The molecule has 4 nitrogen and oxygen atoms in total. The summed E-state index contributed by atoms with van der Waals surface area (Å²) in [5.74, 6) is -0.0393. The monoisotopic (exact) mass is 453 g/mol. The Labute approximate surface area is 188 Å². The molecule has 1 heterocycles. The van der Waals surface area contributed by atoms with Crippen molar-refractivity contribution in [2.24, 2.45) is 0 Å². The van der Waals surface area contributed by atoms with Crippen molar-refractivity contribution in [3.8, 4) is 0 Å². The number of hydrogen-bond donors (Lipinski definition) is 2. The van der Waals surface area contributed by atoms with Crippen LogP contribution >= 0.6 is 35.2 Å². The number of benzene rings is 1. The second-order valence-electron chi connectivity index (χ2n) is 7.42. The number of thiazole rings is 1. The maximum atomic E-state index is 12.0. The summed E-state index contributed by atoms with van der Waals surface area (Å²) in [6, 6.07) is 5.54. The highest BCUT2D eigenvalue weighted by atomic mass is 35.5. The molecule has 2 rings (SSSR count). The quantitative estimate of drug-likeness (QED) is 0.244. The fourth-order valence-corrected chi connectivity index (χ4v) is 4.64. The van der Waals surface area contributed by atoms with Gasteiger partial charge in [-0.1, -0.05) is 94.1 Å². The van der Waals surface area contributed by atoms with Crippen LogP contribution in [0.25, 0.3) is 10.2 Å². The third-order valence-corrected chi connectivity index (χ3v) is 6.20. The molecular formula is C22H32ClN3OS2. The molecule has 0 aliphatic carbocycles. The first kappa shape index (κ1) is 24.0. The van der Waals surface area contributed by atoms with Gasteiger partial charge >= 0.3 is 0 Å². The molecular weight excluding hydrogens is 422 g/mol. The molecule has 160 valence electrons. The van der Waals surface area contributed by atoms with Crippen molar-refractivity contribution in [2.75, 3.05) is 5.32 Å². The summed E-state index contributed by atoms with van der Waals surface area (Å²) in [7, 11) is 0. The molecule has 1 aromatic carbocycles. The number of thiocarbonyl (C=S) groups is 1. The molecule has 0 unspecified atom stereocenters. The molecule has 0 saturated heterocycles. The van der Waals surface area contributed by atoms with E-state index in [1.807, 2.05) is 12.1 Å². The molecule has 0 saturated carbocycles. The summed E-state index contributed by atoms with van der Waals surface area (Å²) in [5.41, 5.74) is 0.858. The summed E-state index contributed by atoms with van der Waals surface area (Å²) >= 11 is 12.7. The Morgan fingerprint density at radius 2 is 1.66 bits per heavy atom. The van der Waals surface area contributed by atoms with Crippen molar-refractivity contribution in [3.63, 3.8) is 0 Å². The molecule has 0 aliphatic heterocycles. The van der Waals surface area contributed by atoms with Crippen LogP contribution in [0.4, 0.5) is 5.13 Å². The number of hydrogen-bond acceptors (Lipinski definition) is 4. The standard InChI is InChI=1S/C22H32ClN3OS2/c1-2-3-4-5-6-7-8-9-10-11-12-13-20(27)25-21(28)26-22-24-18-15-14-17(23)16-19(18)29-22/h14-16H,2-13H2,1H3,(H2,24,25,26,27,28). The van der Waals surface area contributed by atoms with E-state index in [4.69, 9.17) is 23.8 Å². The highest BCUT2D eigenvalue weighted by Crippen LogP contribution is 2.28. The minimum atomic E-state index is -0.0393. The first-order chi connectivity index (χ1) is 14.1. The molecule has 0 atom stereocenters. The minimum absolute atomic E-state index is 0.0393. The Bertz CT molecular complexity index is 779. The third kappa shape index (κ3) is 9.87. The van der Waals surface area contributed by atoms with E-state index in [2.05, 4.69) is 22.5 Å². The van der Waals surface area contributed by atoms with Gasteiger partial charge < -0.3 is 10.6 Å². The van der Waals surface area contributed by atoms with Gasteiger partial charge in [0, 0.05) is 11.4 Å². The summed E-state index contributed by atoms with van der Waals surface area (Å²) in [5, 5.41) is 7.36. The largest absolute Gasteiger partial charge is 0.308 e. The molecule has 1 amide bonds. The Kier molecular flexibility index (Phi) is 11.5. The number of carbonyl (C=O) groups excluding carboxylic acids is 1. The molecule has 0 spiro atoms. The number of rotatable bonds is 13. The third-order valence-electron chi connectivity index (χ3n) is 4.83. The molecule has 0 fully saturated rings. The lowest BCUT2D eigenvalue weighted by Crippen LogP contribution is -2.33. The lowest BCUT2D eigenvalue weighted by atomic mass is 10.1. The number of nitrogens with zero attached hydrogens (tertiary/aromatic N) is 1. The molecule has 0 aliphatic rings. The zero-order valence-electron chi connectivity index (χ0n) is 17.3. The summed E-state index contributed by atoms with van der Waals surface area (Å²) in [6.45, 7) is 2.25. The van der Waals surface area contributed by atoms with Crippen molar-refractivity contribution in [3.05, 3.63) is 23.2 Å². The van der Waals surface area contributed by atoms with Gasteiger partial charge in [0.1, 0.15) is 0 Å². The summed E-state index contributed by atoms with van der Waals surface area (Å²) < 4.78 is 0.982. The number of unbranched alkanes of at least 4 members (excludes halogenated alkanes) is 10. The maximum Gasteiger partial charge on any atom is 0.226 e. The van der Waals surface area contributed by atoms with E-state index in [0.717, 1.165) is 23.1 Å². The number of anilines is 1. The fraction of sp³-hybridized carbons (Fsp3) is 0.591. The summed E-state index contributed by atoms with van der Waals surface area (Å²) in [4.78, 5) is 16.5. The van der Waals surface area contributed by atoms with Crippen LogP contribution in [0.1, 0.15) is 84.0 Å². The fourth-order valence-electron chi connectivity index (χ4n) is 3.22. The van der Waals surface area contributed by atoms with E-state index in [9.17, 15) is 4.79 Å². The van der Waals surface area contributed by atoms with Crippen LogP contribution in [0.5, 0.6) is 0 Å². The maximum absolute atomic E-state index is 12.0. The van der Waals surface area contributed by atoms with Crippen molar-refractivity contribution in [1.82, 2.24) is 10.3 Å². The average Bonchev–Trinajstić information content (AvgIpc) is 3.07. The first-order valence-corrected chi connectivity index (χ1v) is 12.4. The van der Waals surface area contributed by atoms with E-state index in [1.54, 1.807) is 6.07 Å². The molecule has 2 N–H and O–H groups in total. The lowest BCUT2D eigenvalue weighted by Gasteiger charge is -2.07. The van der Waals surface area contributed by atoms with Gasteiger partial charge in [-0.25, -0.2) is 4.98 Å². The smallest absolute Gasteiger partial charge is 0.226 e. The predicted octanol–water partition coefficient (Wildman–Crippen LogP) is 7.46. The number of aromatic nitrogens is 1. The molecule has 2 aromatic rings. The average molecular weight is 454 g/mol. The second-order valence-corrected chi connectivity index (χ2v) is 9.29. The Morgan fingerprint density at radius 1 is 1.03 bits per heavy atom. The van der Waals surface area contributed by atoms with Crippen LogP contribution < -0.4 is 10.6 Å². The number of fused-ring (bicyclic) bond motifs is 1. The van der Waals surface area contributed by atoms with Crippen LogP contribution in [0.15, 0.2) is 18.2 Å². The van der Waals surface area contributed by atoms with Gasteiger partial charge in [0.25, 0.3) is 0 Å². The molecule has 0 radical (unpaired) electrons. The Balaban J connectivity index is 1.52. The molecule has 29 heavy (non-hydrogen) atoms. The van der Waals surface area contributed by atoms with Gasteiger partial charge in [-0.2, -0.15) is 0 Å². The number of nitrogens with one attached hydrogen (secondary N) is 2. The minimum Gasteiger partial charge on any atom is -0.308 e. The number of carbonyl (C=O) groups is 1. The van der Waals surface area contributed by atoms with E-state index < -0.39 is 0 Å².